The summed E-state index contributed by atoms with van der Waals surface area (Å²) in [5.74, 6) is 0.0674. The summed E-state index contributed by atoms with van der Waals surface area (Å²) >= 11 is 0. The van der Waals surface area contributed by atoms with Crippen LogP contribution in [-0.2, 0) is 20.4 Å². The summed E-state index contributed by atoms with van der Waals surface area (Å²) in [6.45, 7) is 4.66. The monoisotopic (exact) mass is 381 g/mol. The molecule has 0 saturated carbocycles. The Labute approximate surface area is 155 Å². The van der Waals surface area contributed by atoms with E-state index >= 15 is 0 Å². The molecule has 1 heterocycles. The van der Waals surface area contributed by atoms with Crippen LogP contribution in [0.15, 0.2) is 30.3 Å². The molecule has 0 bridgehead atoms. The third-order valence-electron chi connectivity index (χ3n) is 4.26. The third-order valence-corrected chi connectivity index (χ3v) is 5.95. The minimum atomic E-state index is -3.20. The van der Waals surface area contributed by atoms with Crippen LogP contribution in [0.4, 0.5) is 4.79 Å². The number of amides is 3. The molecule has 2 rings (SSSR count). The highest BCUT2D eigenvalue weighted by Gasteiger charge is 2.31. The highest BCUT2D eigenvalue weighted by Crippen LogP contribution is 2.14. The van der Waals surface area contributed by atoms with Gasteiger partial charge in [-0.2, -0.15) is 0 Å². The Hall–Kier alpha value is -2.09. The lowest BCUT2D eigenvalue weighted by atomic mass is 10.2. The molecule has 1 aliphatic rings. The van der Waals surface area contributed by atoms with Crippen molar-refractivity contribution in [1.82, 2.24) is 15.5 Å². The number of benzene rings is 1. The fourth-order valence-corrected chi connectivity index (χ4v) is 4.39. The van der Waals surface area contributed by atoms with Crippen LogP contribution in [0.2, 0.25) is 0 Å². The predicted molar refractivity (Wildman–Crippen MR) is 100 cm³/mol. The van der Waals surface area contributed by atoms with Crippen molar-refractivity contribution >= 4 is 21.8 Å². The van der Waals surface area contributed by atoms with Crippen LogP contribution in [0.3, 0.4) is 0 Å². The largest absolute Gasteiger partial charge is 0.338 e. The minimum absolute atomic E-state index is 0.00919. The van der Waals surface area contributed by atoms with Crippen LogP contribution in [-0.4, -0.2) is 56.2 Å². The number of likely N-dealkylation sites (tertiary alicyclic amines) is 1. The molecule has 0 spiro atoms. The average Bonchev–Trinajstić information content (AvgIpc) is 2.93. The molecule has 1 fully saturated rings. The maximum Gasteiger partial charge on any atom is 0.315 e. The average molecular weight is 381 g/mol. The van der Waals surface area contributed by atoms with E-state index in [0.29, 0.717) is 19.4 Å². The Morgan fingerprint density at radius 1 is 1.27 bits per heavy atom. The van der Waals surface area contributed by atoms with E-state index in [1.807, 2.05) is 32.0 Å². The van der Waals surface area contributed by atoms with E-state index in [2.05, 4.69) is 10.6 Å². The molecule has 0 aliphatic carbocycles. The highest BCUT2D eigenvalue weighted by atomic mass is 32.2. The van der Waals surface area contributed by atoms with E-state index in [-0.39, 0.29) is 42.1 Å². The van der Waals surface area contributed by atoms with Gasteiger partial charge in [0.1, 0.15) is 0 Å². The van der Waals surface area contributed by atoms with Gasteiger partial charge in [0.05, 0.1) is 17.5 Å². The van der Waals surface area contributed by atoms with E-state index in [9.17, 15) is 18.0 Å². The van der Waals surface area contributed by atoms with Crippen molar-refractivity contribution in [2.24, 2.45) is 0 Å². The van der Waals surface area contributed by atoms with Gasteiger partial charge in [-0.15, -0.1) is 0 Å². The Morgan fingerprint density at radius 2 is 1.96 bits per heavy atom. The summed E-state index contributed by atoms with van der Waals surface area (Å²) in [5, 5.41) is 5.43. The summed E-state index contributed by atoms with van der Waals surface area (Å²) < 4.78 is 24.2. The quantitative estimate of drug-likeness (QED) is 0.664. The summed E-state index contributed by atoms with van der Waals surface area (Å²) in [5.41, 5.74) is 0.763. The van der Waals surface area contributed by atoms with Crippen LogP contribution in [0.25, 0.3) is 0 Å². The maximum atomic E-state index is 12.1. The molecule has 3 amide bonds. The molecule has 7 nitrogen and oxygen atoms in total. The van der Waals surface area contributed by atoms with Crippen molar-refractivity contribution in [1.29, 1.82) is 0 Å². The van der Waals surface area contributed by atoms with Crippen molar-refractivity contribution in [3.8, 4) is 0 Å². The van der Waals surface area contributed by atoms with Gasteiger partial charge in [-0.25, -0.2) is 13.2 Å². The zero-order chi connectivity index (χ0) is 19.2. The second-order valence-corrected chi connectivity index (χ2v) is 9.06. The van der Waals surface area contributed by atoms with E-state index in [1.54, 1.807) is 17.0 Å². The number of carbonyl (C=O) groups is 2. The zero-order valence-corrected chi connectivity index (χ0v) is 16.1. The fraction of sp³-hybridized carbons (Fsp3) is 0.556. The van der Waals surface area contributed by atoms with Gasteiger partial charge in [-0.1, -0.05) is 30.3 Å². The smallest absolute Gasteiger partial charge is 0.315 e. The SMILES string of the molecule is CC(C)N1C[C@@H](NC(=O)NCCCS(=O)(=O)Cc2ccccc2)CC1=O. The molecule has 2 N–H and O–H groups in total. The van der Waals surface area contributed by atoms with Crippen molar-refractivity contribution in [3.63, 3.8) is 0 Å². The predicted octanol–water partition coefficient (Wildman–Crippen LogP) is 1.30. The third kappa shape index (κ3) is 6.33. The topological polar surface area (TPSA) is 95.6 Å². The standard InChI is InChI=1S/C18H27N3O4S/c1-14(2)21-12-16(11-17(21)22)20-18(23)19-9-6-10-26(24,25)13-15-7-4-3-5-8-15/h3-5,7-8,14,16H,6,9-13H2,1-2H3,(H2,19,20,23)/t16-/m0/s1. The number of hydrogen-bond acceptors (Lipinski definition) is 4. The Morgan fingerprint density at radius 3 is 2.58 bits per heavy atom. The van der Waals surface area contributed by atoms with Crippen LogP contribution >= 0.6 is 0 Å². The van der Waals surface area contributed by atoms with Crippen LogP contribution in [0, 0.1) is 0 Å². The molecule has 1 atom stereocenters. The first kappa shape index (κ1) is 20.2. The first-order valence-corrected chi connectivity index (χ1v) is 10.7. The lowest BCUT2D eigenvalue weighted by Crippen LogP contribution is -2.44. The summed E-state index contributed by atoms with van der Waals surface area (Å²) in [4.78, 5) is 25.4. The number of rotatable bonds is 8. The highest BCUT2D eigenvalue weighted by molar-refractivity contribution is 7.90. The summed E-state index contributed by atoms with van der Waals surface area (Å²) in [6.07, 6.45) is 0.654. The van der Waals surface area contributed by atoms with Crippen LogP contribution in [0.1, 0.15) is 32.3 Å². The van der Waals surface area contributed by atoms with Gasteiger partial charge >= 0.3 is 6.03 Å². The molecule has 1 saturated heterocycles. The number of nitrogens with one attached hydrogen (secondary N) is 2. The molecule has 0 radical (unpaired) electrons. The lowest BCUT2D eigenvalue weighted by Gasteiger charge is -2.21. The number of sulfone groups is 1. The molecule has 0 unspecified atom stereocenters. The molecule has 1 aliphatic heterocycles. The van der Waals surface area contributed by atoms with Gasteiger partial charge in [0.15, 0.2) is 9.84 Å². The van der Waals surface area contributed by atoms with Gasteiger partial charge in [-0.3, -0.25) is 4.79 Å². The zero-order valence-electron chi connectivity index (χ0n) is 15.3. The van der Waals surface area contributed by atoms with Gasteiger partial charge in [0, 0.05) is 25.6 Å². The van der Waals surface area contributed by atoms with E-state index < -0.39 is 9.84 Å². The number of urea groups is 1. The number of hydrogen-bond donors (Lipinski definition) is 2. The number of nitrogens with zero attached hydrogens (tertiary/aromatic N) is 1. The first-order valence-electron chi connectivity index (χ1n) is 8.85. The molecular formula is C18H27N3O4S. The van der Waals surface area contributed by atoms with Crippen molar-refractivity contribution in [2.45, 2.75) is 44.5 Å². The lowest BCUT2D eigenvalue weighted by molar-refractivity contribution is -0.129. The van der Waals surface area contributed by atoms with Gasteiger partial charge in [0.2, 0.25) is 5.91 Å². The minimum Gasteiger partial charge on any atom is -0.338 e. The van der Waals surface area contributed by atoms with Gasteiger partial charge in [-0.05, 0) is 25.8 Å². The molecule has 0 aromatic heterocycles. The fourth-order valence-electron chi connectivity index (χ4n) is 2.96. The van der Waals surface area contributed by atoms with Gasteiger partial charge in [0.25, 0.3) is 0 Å². The van der Waals surface area contributed by atoms with E-state index in [4.69, 9.17) is 0 Å². The molecule has 8 heteroatoms. The Bertz CT molecular complexity index is 719. The number of carbonyl (C=O) groups excluding carboxylic acids is 2. The normalized spacial score (nSPS) is 17.6. The Balaban J connectivity index is 1.66. The van der Waals surface area contributed by atoms with Crippen molar-refractivity contribution < 1.29 is 18.0 Å². The molecule has 1 aromatic rings. The summed E-state index contributed by atoms with van der Waals surface area (Å²) in [7, 11) is -3.20. The van der Waals surface area contributed by atoms with Crippen molar-refractivity contribution in [2.75, 3.05) is 18.8 Å². The van der Waals surface area contributed by atoms with Crippen LogP contribution < -0.4 is 10.6 Å². The van der Waals surface area contributed by atoms with Crippen molar-refractivity contribution in [3.05, 3.63) is 35.9 Å². The Kier molecular flexibility index (Phi) is 7.02. The molecule has 1 aromatic carbocycles. The second-order valence-electron chi connectivity index (χ2n) is 6.87. The first-order chi connectivity index (χ1) is 12.3. The maximum absolute atomic E-state index is 12.1. The van der Waals surface area contributed by atoms with E-state index in [0.717, 1.165) is 5.56 Å². The summed E-state index contributed by atoms with van der Waals surface area (Å²) in [6, 6.07) is 8.58. The molecule has 144 valence electrons. The molecule has 26 heavy (non-hydrogen) atoms. The van der Waals surface area contributed by atoms with E-state index in [1.165, 1.54) is 0 Å². The molecular weight excluding hydrogens is 354 g/mol. The van der Waals surface area contributed by atoms with Crippen LogP contribution in [0.5, 0.6) is 0 Å². The second kappa shape index (κ2) is 9.02. The van der Waals surface area contributed by atoms with Gasteiger partial charge < -0.3 is 15.5 Å².